The van der Waals surface area contributed by atoms with Crippen molar-refractivity contribution in [3.8, 4) is 0 Å². The van der Waals surface area contributed by atoms with Gasteiger partial charge in [0, 0.05) is 43.2 Å². The first kappa shape index (κ1) is 13.1. The van der Waals surface area contributed by atoms with Crippen LogP contribution < -0.4 is 0 Å². The first-order valence-electron chi connectivity index (χ1n) is 6.02. The summed E-state index contributed by atoms with van der Waals surface area (Å²) < 4.78 is 3.28. The van der Waals surface area contributed by atoms with Crippen LogP contribution in [-0.4, -0.2) is 29.5 Å². The molecule has 0 bridgehead atoms. The van der Waals surface area contributed by atoms with E-state index in [2.05, 4.69) is 44.9 Å². The summed E-state index contributed by atoms with van der Waals surface area (Å²) in [6.07, 6.45) is 3.55. The quantitative estimate of drug-likeness (QED) is 0.851. The third-order valence-corrected chi connectivity index (χ3v) is 3.52. The van der Waals surface area contributed by atoms with E-state index in [9.17, 15) is 4.79 Å². The Morgan fingerprint density at radius 1 is 1.33 bits per heavy atom. The summed E-state index contributed by atoms with van der Waals surface area (Å²) in [7, 11) is 3.59. The van der Waals surface area contributed by atoms with Crippen molar-refractivity contribution in [3.63, 3.8) is 0 Å². The number of benzene rings is 1. The number of carbonyl (C=O) groups is 1. The van der Waals surface area contributed by atoms with E-state index in [1.807, 2.05) is 6.07 Å². The van der Waals surface area contributed by atoms with Crippen molar-refractivity contribution in [1.82, 2.24) is 9.47 Å². The first-order valence-corrected chi connectivity index (χ1v) is 6.82. The largest absolute Gasteiger partial charge is 0.349 e. The molecule has 4 heteroatoms. The van der Waals surface area contributed by atoms with Crippen LogP contribution in [0.15, 0.2) is 34.9 Å². The van der Waals surface area contributed by atoms with Crippen LogP contribution in [0.4, 0.5) is 0 Å². The number of aryl methyl sites for hydroxylation is 1. The molecule has 0 N–H and O–H groups in total. The van der Waals surface area contributed by atoms with Crippen LogP contribution in [0.2, 0.25) is 0 Å². The molecule has 1 aromatic heterocycles. The van der Waals surface area contributed by atoms with Gasteiger partial charge in [0.25, 0.3) is 0 Å². The normalized spacial score (nSPS) is 10.8. The fourth-order valence-corrected chi connectivity index (χ4v) is 2.33. The highest BCUT2D eigenvalue weighted by Gasteiger charge is 2.05. The van der Waals surface area contributed by atoms with Crippen LogP contribution in [0, 0.1) is 0 Å². The number of hydrogen-bond donors (Lipinski definition) is 0. The second-order valence-corrected chi connectivity index (χ2v) is 5.52. The standard InChI is InChI=1S/C14H17BrN2O/c1-16(2)14(18)4-3-8-17-9-7-11-5-6-12(15)10-13(11)17/h5-7,9-10H,3-4,8H2,1-2H3. The fraction of sp³-hybridized carbons (Fsp3) is 0.357. The smallest absolute Gasteiger partial charge is 0.222 e. The van der Waals surface area contributed by atoms with Gasteiger partial charge in [-0.2, -0.15) is 0 Å². The van der Waals surface area contributed by atoms with Gasteiger partial charge < -0.3 is 9.47 Å². The summed E-state index contributed by atoms with van der Waals surface area (Å²) >= 11 is 3.49. The highest BCUT2D eigenvalue weighted by Crippen LogP contribution is 2.21. The molecule has 0 saturated carbocycles. The molecule has 0 atom stereocenters. The third-order valence-electron chi connectivity index (χ3n) is 3.02. The molecule has 0 radical (unpaired) electrons. The molecular formula is C14H17BrN2O. The number of aromatic nitrogens is 1. The van der Waals surface area contributed by atoms with Gasteiger partial charge in [-0.25, -0.2) is 0 Å². The molecule has 0 unspecified atom stereocenters. The van der Waals surface area contributed by atoms with E-state index in [-0.39, 0.29) is 5.91 Å². The van der Waals surface area contributed by atoms with Gasteiger partial charge in [0.1, 0.15) is 0 Å². The summed E-state index contributed by atoms with van der Waals surface area (Å²) in [4.78, 5) is 13.1. The van der Waals surface area contributed by atoms with E-state index in [0.29, 0.717) is 6.42 Å². The maximum Gasteiger partial charge on any atom is 0.222 e. The molecule has 0 aliphatic carbocycles. The van der Waals surface area contributed by atoms with Crippen LogP contribution in [0.25, 0.3) is 10.9 Å². The molecule has 1 heterocycles. The van der Waals surface area contributed by atoms with Crippen molar-refractivity contribution in [3.05, 3.63) is 34.9 Å². The number of fused-ring (bicyclic) bond motifs is 1. The Bertz CT molecular complexity index is 560. The monoisotopic (exact) mass is 308 g/mol. The lowest BCUT2D eigenvalue weighted by Gasteiger charge is -2.10. The van der Waals surface area contributed by atoms with Crippen molar-refractivity contribution in [2.45, 2.75) is 19.4 Å². The third kappa shape index (κ3) is 2.93. The van der Waals surface area contributed by atoms with Gasteiger partial charge in [-0.3, -0.25) is 4.79 Å². The van der Waals surface area contributed by atoms with Crippen LogP contribution in [0.1, 0.15) is 12.8 Å². The molecule has 0 aliphatic rings. The predicted molar refractivity (Wildman–Crippen MR) is 77.6 cm³/mol. The van der Waals surface area contributed by atoms with Crippen molar-refractivity contribution in [1.29, 1.82) is 0 Å². The molecule has 0 spiro atoms. The van der Waals surface area contributed by atoms with Crippen molar-refractivity contribution >= 4 is 32.7 Å². The lowest BCUT2D eigenvalue weighted by molar-refractivity contribution is -0.128. The number of hydrogen-bond acceptors (Lipinski definition) is 1. The number of amides is 1. The predicted octanol–water partition coefficient (Wildman–Crippen LogP) is 3.27. The van der Waals surface area contributed by atoms with E-state index in [4.69, 9.17) is 0 Å². The van der Waals surface area contributed by atoms with E-state index in [0.717, 1.165) is 17.4 Å². The second kappa shape index (κ2) is 5.57. The van der Waals surface area contributed by atoms with Crippen LogP contribution >= 0.6 is 15.9 Å². The summed E-state index contributed by atoms with van der Waals surface area (Å²) in [5.41, 5.74) is 1.21. The topological polar surface area (TPSA) is 25.2 Å². The Morgan fingerprint density at radius 2 is 2.11 bits per heavy atom. The lowest BCUT2D eigenvalue weighted by Crippen LogP contribution is -2.21. The number of nitrogens with zero attached hydrogens (tertiary/aromatic N) is 2. The molecule has 2 aromatic rings. The number of rotatable bonds is 4. The van der Waals surface area contributed by atoms with E-state index in [1.165, 1.54) is 10.9 Å². The lowest BCUT2D eigenvalue weighted by atomic mass is 10.2. The minimum atomic E-state index is 0.188. The molecule has 2 rings (SSSR count). The number of halogens is 1. The second-order valence-electron chi connectivity index (χ2n) is 4.60. The Morgan fingerprint density at radius 3 is 2.83 bits per heavy atom. The summed E-state index contributed by atoms with van der Waals surface area (Å²) in [5, 5.41) is 1.23. The minimum absolute atomic E-state index is 0.188. The molecule has 0 aliphatic heterocycles. The SMILES string of the molecule is CN(C)C(=O)CCCn1ccc2ccc(Br)cc21. The zero-order valence-electron chi connectivity index (χ0n) is 10.7. The van der Waals surface area contributed by atoms with E-state index < -0.39 is 0 Å². The molecule has 0 fully saturated rings. The minimum Gasteiger partial charge on any atom is -0.349 e. The van der Waals surface area contributed by atoms with Gasteiger partial charge in [-0.05, 0) is 30.0 Å². The Kier molecular flexibility index (Phi) is 4.07. The van der Waals surface area contributed by atoms with Gasteiger partial charge in [-0.15, -0.1) is 0 Å². The molecule has 1 aromatic carbocycles. The Hall–Kier alpha value is -1.29. The van der Waals surface area contributed by atoms with Crippen molar-refractivity contribution < 1.29 is 4.79 Å². The molecule has 96 valence electrons. The molecule has 0 saturated heterocycles. The van der Waals surface area contributed by atoms with Gasteiger partial charge in [0.2, 0.25) is 5.91 Å². The maximum atomic E-state index is 11.5. The average molecular weight is 309 g/mol. The highest BCUT2D eigenvalue weighted by molar-refractivity contribution is 9.10. The average Bonchev–Trinajstić information content (AvgIpc) is 2.71. The molecule has 3 nitrogen and oxygen atoms in total. The Labute approximate surface area is 116 Å². The van der Waals surface area contributed by atoms with Crippen molar-refractivity contribution in [2.24, 2.45) is 0 Å². The molecule has 1 amide bonds. The van der Waals surface area contributed by atoms with Gasteiger partial charge >= 0.3 is 0 Å². The summed E-state index contributed by atoms with van der Waals surface area (Å²) in [6, 6.07) is 8.36. The zero-order chi connectivity index (χ0) is 13.1. The van der Waals surface area contributed by atoms with Crippen molar-refractivity contribution in [2.75, 3.05) is 14.1 Å². The summed E-state index contributed by atoms with van der Waals surface area (Å²) in [5.74, 6) is 0.188. The zero-order valence-corrected chi connectivity index (χ0v) is 12.3. The van der Waals surface area contributed by atoms with Crippen LogP contribution in [-0.2, 0) is 11.3 Å². The number of carbonyl (C=O) groups excluding carboxylic acids is 1. The highest BCUT2D eigenvalue weighted by atomic mass is 79.9. The van der Waals surface area contributed by atoms with E-state index >= 15 is 0 Å². The summed E-state index contributed by atoms with van der Waals surface area (Å²) in [6.45, 7) is 0.875. The van der Waals surface area contributed by atoms with Crippen LogP contribution in [0.5, 0.6) is 0 Å². The van der Waals surface area contributed by atoms with Crippen LogP contribution in [0.3, 0.4) is 0 Å². The maximum absolute atomic E-state index is 11.5. The Balaban J connectivity index is 2.04. The van der Waals surface area contributed by atoms with Gasteiger partial charge in [-0.1, -0.05) is 22.0 Å². The fourth-order valence-electron chi connectivity index (χ4n) is 1.98. The molecular weight excluding hydrogens is 292 g/mol. The van der Waals surface area contributed by atoms with Gasteiger partial charge in [0.15, 0.2) is 0 Å². The van der Waals surface area contributed by atoms with E-state index in [1.54, 1.807) is 19.0 Å². The van der Waals surface area contributed by atoms with Gasteiger partial charge in [0.05, 0.1) is 0 Å². The molecule has 18 heavy (non-hydrogen) atoms. The first-order chi connectivity index (χ1) is 8.58.